The second-order valence-corrected chi connectivity index (χ2v) is 6.97. The van der Waals surface area contributed by atoms with E-state index in [9.17, 15) is 8.42 Å². The van der Waals surface area contributed by atoms with Crippen molar-refractivity contribution >= 4 is 15.9 Å². The molecular formula is C11H21N3O3S. The van der Waals surface area contributed by atoms with Gasteiger partial charge in [-0.2, -0.15) is 4.98 Å². The van der Waals surface area contributed by atoms with Gasteiger partial charge in [0.05, 0.1) is 11.4 Å². The summed E-state index contributed by atoms with van der Waals surface area (Å²) >= 11 is 0. The molecule has 0 aliphatic rings. The van der Waals surface area contributed by atoms with E-state index < -0.39 is 9.84 Å². The number of sulfone groups is 1. The van der Waals surface area contributed by atoms with Crippen LogP contribution in [0.15, 0.2) is 10.7 Å². The number of hydrogen-bond acceptors (Lipinski definition) is 6. The normalized spacial score (nSPS) is 12.1. The number of anilines is 1. The van der Waals surface area contributed by atoms with Crippen LogP contribution in [0.4, 0.5) is 6.01 Å². The van der Waals surface area contributed by atoms with E-state index in [4.69, 9.17) is 4.42 Å². The third kappa shape index (κ3) is 5.50. The fraction of sp³-hybridized carbons (Fsp3) is 0.727. The van der Waals surface area contributed by atoms with Crippen molar-refractivity contribution in [2.24, 2.45) is 0 Å². The zero-order valence-electron chi connectivity index (χ0n) is 11.3. The fourth-order valence-corrected chi connectivity index (χ4v) is 1.87. The van der Waals surface area contributed by atoms with E-state index in [-0.39, 0.29) is 5.75 Å². The Balaban J connectivity index is 2.51. The molecule has 0 atom stereocenters. The second kappa shape index (κ2) is 6.19. The van der Waals surface area contributed by atoms with Gasteiger partial charge in [-0.1, -0.05) is 13.8 Å². The van der Waals surface area contributed by atoms with Crippen LogP contribution in [0, 0.1) is 0 Å². The molecule has 0 aliphatic heterocycles. The molecule has 0 radical (unpaired) electrons. The summed E-state index contributed by atoms with van der Waals surface area (Å²) in [6.07, 6.45) is 2.80. The number of rotatable bonds is 7. The van der Waals surface area contributed by atoms with Crippen LogP contribution in [-0.2, 0) is 16.4 Å². The summed E-state index contributed by atoms with van der Waals surface area (Å²) in [7, 11) is -1.20. The first-order valence-corrected chi connectivity index (χ1v) is 7.90. The zero-order valence-corrected chi connectivity index (χ0v) is 12.1. The second-order valence-electron chi connectivity index (χ2n) is 4.71. The quantitative estimate of drug-likeness (QED) is 0.787. The SMILES string of the molecule is CC(C)NCc1coc(N(C)CCS(C)(=O)=O)n1. The lowest BCUT2D eigenvalue weighted by atomic mass is 10.4. The maximum absolute atomic E-state index is 11.1. The van der Waals surface area contributed by atoms with E-state index >= 15 is 0 Å². The van der Waals surface area contributed by atoms with E-state index in [0.717, 1.165) is 5.69 Å². The molecule has 1 N–H and O–H groups in total. The van der Waals surface area contributed by atoms with Gasteiger partial charge in [0.2, 0.25) is 0 Å². The molecule has 0 unspecified atom stereocenters. The van der Waals surface area contributed by atoms with Crippen molar-refractivity contribution in [3.8, 4) is 0 Å². The number of aromatic nitrogens is 1. The van der Waals surface area contributed by atoms with Crippen LogP contribution >= 0.6 is 0 Å². The number of nitrogens with zero attached hydrogens (tertiary/aromatic N) is 2. The van der Waals surface area contributed by atoms with Gasteiger partial charge in [-0.05, 0) is 0 Å². The van der Waals surface area contributed by atoms with Crippen molar-refractivity contribution < 1.29 is 12.8 Å². The summed E-state index contributed by atoms with van der Waals surface area (Å²) in [4.78, 5) is 5.98. The molecule has 1 rings (SSSR count). The molecule has 1 heterocycles. The Morgan fingerprint density at radius 2 is 2.17 bits per heavy atom. The van der Waals surface area contributed by atoms with E-state index in [1.54, 1.807) is 18.2 Å². The van der Waals surface area contributed by atoms with Crippen molar-refractivity contribution in [3.63, 3.8) is 0 Å². The van der Waals surface area contributed by atoms with Crippen LogP contribution < -0.4 is 10.2 Å². The smallest absolute Gasteiger partial charge is 0.297 e. The molecule has 0 saturated carbocycles. The Morgan fingerprint density at radius 1 is 1.50 bits per heavy atom. The van der Waals surface area contributed by atoms with Crippen molar-refractivity contribution in [2.45, 2.75) is 26.4 Å². The van der Waals surface area contributed by atoms with Gasteiger partial charge >= 0.3 is 0 Å². The van der Waals surface area contributed by atoms with Gasteiger partial charge in [0.15, 0.2) is 0 Å². The summed E-state index contributed by atoms with van der Waals surface area (Å²) in [6.45, 7) is 5.12. The molecule has 1 aromatic rings. The van der Waals surface area contributed by atoms with Crippen LogP contribution in [0.25, 0.3) is 0 Å². The molecule has 0 saturated heterocycles. The van der Waals surface area contributed by atoms with Gasteiger partial charge < -0.3 is 14.6 Å². The highest BCUT2D eigenvalue weighted by atomic mass is 32.2. The van der Waals surface area contributed by atoms with Gasteiger partial charge in [-0.25, -0.2) is 8.42 Å². The molecule has 1 aromatic heterocycles. The molecule has 18 heavy (non-hydrogen) atoms. The van der Waals surface area contributed by atoms with Crippen LogP contribution in [-0.4, -0.2) is 45.0 Å². The van der Waals surface area contributed by atoms with Crippen LogP contribution in [0.2, 0.25) is 0 Å². The van der Waals surface area contributed by atoms with Gasteiger partial charge in [-0.15, -0.1) is 0 Å². The van der Waals surface area contributed by atoms with Crippen molar-refractivity contribution in [3.05, 3.63) is 12.0 Å². The van der Waals surface area contributed by atoms with E-state index in [0.29, 0.717) is 25.1 Å². The molecule has 0 aromatic carbocycles. The van der Waals surface area contributed by atoms with E-state index in [2.05, 4.69) is 24.1 Å². The summed E-state index contributed by atoms with van der Waals surface area (Å²) in [5, 5.41) is 3.23. The Bertz CT molecular complexity index is 468. The first-order chi connectivity index (χ1) is 8.28. The van der Waals surface area contributed by atoms with Crippen LogP contribution in [0.1, 0.15) is 19.5 Å². The molecule has 0 spiro atoms. The monoisotopic (exact) mass is 275 g/mol. The van der Waals surface area contributed by atoms with Gasteiger partial charge in [0.25, 0.3) is 6.01 Å². The Hall–Kier alpha value is -1.08. The molecule has 104 valence electrons. The highest BCUT2D eigenvalue weighted by molar-refractivity contribution is 7.90. The highest BCUT2D eigenvalue weighted by Crippen LogP contribution is 2.11. The van der Waals surface area contributed by atoms with Crippen molar-refractivity contribution in [1.29, 1.82) is 0 Å². The first-order valence-electron chi connectivity index (χ1n) is 5.84. The Morgan fingerprint density at radius 3 is 2.72 bits per heavy atom. The van der Waals surface area contributed by atoms with Gasteiger partial charge in [-0.3, -0.25) is 0 Å². The lowest BCUT2D eigenvalue weighted by molar-refractivity contribution is 0.542. The van der Waals surface area contributed by atoms with Crippen molar-refractivity contribution in [2.75, 3.05) is 30.5 Å². The van der Waals surface area contributed by atoms with Crippen molar-refractivity contribution in [1.82, 2.24) is 10.3 Å². The Labute approximate surface area is 108 Å². The zero-order chi connectivity index (χ0) is 13.8. The predicted octanol–water partition coefficient (Wildman–Crippen LogP) is 0.653. The van der Waals surface area contributed by atoms with Gasteiger partial charge in [0, 0.05) is 32.4 Å². The molecule has 0 aliphatic carbocycles. The molecule has 0 amide bonds. The summed E-state index contributed by atoms with van der Waals surface area (Å²) in [5.41, 5.74) is 0.810. The fourth-order valence-electron chi connectivity index (χ4n) is 1.26. The Kier molecular flexibility index (Phi) is 5.15. The summed E-state index contributed by atoms with van der Waals surface area (Å²) < 4.78 is 27.4. The number of hydrogen-bond donors (Lipinski definition) is 1. The third-order valence-electron chi connectivity index (χ3n) is 2.36. The minimum Gasteiger partial charge on any atom is -0.432 e. The lowest BCUT2D eigenvalue weighted by Gasteiger charge is -2.13. The third-order valence-corrected chi connectivity index (χ3v) is 3.28. The largest absolute Gasteiger partial charge is 0.432 e. The minimum atomic E-state index is -2.97. The standard InChI is InChI=1S/C11H21N3O3S/c1-9(2)12-7-10-8-17-11(13-10)14(3)5-6-18(4,15)16/h8-9,12H,5-7H2,1-4H3. The average molecular weight is 275 g/mol. The molecule has 0 fully saturated rings. The highest BCUT2D eigenvalue weighted by Gasteiger charge is 2.11. The minimum absolute atomic E-state index is 0.0887. The maximum Gasteiger partial charge on any atom is 0.297 e. The molecule has 0 bridgehead atoms. The average Bonchev–Trinajstić information content (AvgIpc) is 2.70. The lowest BCUT2D eigenvalue weighted by Crippen LogP contribution is -2.25. The molecule has 7 heteroatoms. The summed E-state index contributed by atoms with van der Waals surface area (Å²) in [5.74, 6) is 0.0887. The topological polar surface area (TPSA) is 75.4 Å². The van der Waals surface area contributed by atoms with E-state index in [1.807, 2.05) is 0 Å². The first kappa shape index (κ1) is 15.0. The number of oxazole rings is 1. The van der Waals surface area contributed by atoms with Gasteiger partial charge in [0.1, 0.15) is 16.1 Å². The van der Waals surface area contributed by atoms with Crippen LogP contribution in [0.3, 0.4) is 0 Å². The number of nitrogens with one attached hydrogen (secondary N) is 1. The summed E-state index contributed by atoms with van der Waals surface area (Å²) in [6, 6.07) is 0.826. The predicted molar refractivity (Wildman–Crippen MR) is 71.5 cm³/mol. The van der Waals surface area contributed by atoms with E-state index in [1.165, 1.54) is 6.26 Å². The van der Waals surface area contributed by atoms with Crippen LogP contribution in [0.5, 0.6) is 0 Å². The molecule has 6 nitrogen and oxygen atoms in total. The maximum atomic E-state index is 11.1. The molecular weight excluding hydrogens is 254 g/mol.